The highest BCUT2D eigenvalue weighted by molar-refractivity contribution is 9.09. The van der Waals surface area contributed by atoms with Crippen molar-refractivity contribution in [2.75, 3.05) is 6.61 Å². The number of ether oxygens (including phenoxy) is 2. The van der Waals surface area contributed by atoms with E-state index >= 15 is 0 Å². The van der Waals surface area contributed by atoms with Crippen LogP contribution in [0.15, 0.2) is 48.5 Å². The molecule has 0 N–H and O–H groups in total. The monoisotopic (exact) mass is 522 g/mol. The molecule has 2 aliphatic rings. The summed E-state index contributed by atoms with van der Waals surface area (Å²) in [5, 5.41) is 4.98. The third-order valence-electron chi connectivity index (χ3n) is 7.96. The Morgan fingerprint density at radius 2 is 1.82 bits per heavy atom. The van der Waals surface area contributed by atoms with Gasteiger partial charge >= 0.3 is 5.97 Å². The van der Waals surface area contributed by atoms with Crippen molar-refractivity contribution in [3.05, 3.63) is 59.7 Å². The molecule has 0 aromatic heterocycles. The molecule has 4 heteroatoms. The Labute approximate surface area is 211 Å². The lowest BCUT2D eigenvalue weighted by atomic mass is 9.75. The van der Waals surface area contributed by atoms with E-state index in [9.17, 15) is 4.79 Å². The number of rotatable bonds is 5. The highest BCUT2D eigenvalue weighted by Crippen LogP contribution is 2.40. The molecule has 0 unspecified atom stereocenters. The van der Waals surface area contributed by atoms with Crippen LogP contribution in [0.4, 0.5) is 0 Å². The maximum absolute atomic E-state index is 12.9. The minimum atomic E-state index is -0.290. The Morgan fingerprint density at radius 1 is 1.03 bits per heavy atom. The molecular weight excluding hydrogens is 488 g/mol. The van der Waals surface area contributed by atoms with Crippen molar-refractivity contribution in [3.63, 3.8) is 0 Å². The van der Waals surface area contributed by atoms with Crippen molar-refractivity contribution in [2.24, 2.45) is 17.8 Å². The van der Waals surface area contributed by atoms with Crippen LogP contribution in [-0.4, -0.2) is 23.5 Å². The highest BCUT2D eigenvalue weighted by Gasteiger charge is 2.34. The largest absolute Gasteiger partial charge is 0.455 e. The van der Waals surface area contributed by atoms with Gasteiger partial charge in [-0.3, -0.25) is 0 Å². The maximum atomic E-state index is 12.9. The molecule has 34 heavy (non-hydrogen) atoms. The minimum absolute atomic E-state index is 0.0321. The predicted molar refractivity (Wildman–Crippen MR) is 142 cm³/mol. The minimum Gasteiger partial charge on any atom is -0.455 e. The van der Waals surface area contributed by atoms with Crippen LogP contribution in [0.5, 0.6) is 0 Å². The molecule has 0 heterocycles. The van der Waals surface area contributed by atoms with Gasteiger partial charge in [0.05, 0.1) is 10.9 Å². The zero-order valence-corrected chi connectivity index (χ0v) is 22.0. The Balaban J connectivity index is 1.34. The molecule has 0 spiro atoms. The second-order valence-corrected chi connectivity index (χ2v) is 11.9. The lowest BCUT2D eigenvalue weighted by molar-refractivity contribution is -0.160. The van der Waals surface area contributed by atoms with Crippen LogP contribution in [0.2, 0.25) is 0 Å². The molecule has 1 saturated carbocycles. The number of esters is 1. The summed E-state index contributed by atoms with van der Waals surface area (Å²) in [4.78, 5) is 13.0. The summed E-state index contributed by atoms with van der Waals surface area (Å²) in [5.41, 5.74) is 2.40. The van der Waals surface area contributed by atoms with Gasteiger partial charge in [0, 0.05) is 0 Å². The third-order valence-corrected chi connectivity index (χ3v) is 8.90. The standard InChI is InChI=1S/C30H35BrO3/c1-18(2)23-12-8-19(3)14-28(23)33-17-29(32)34-30-26-16-21-10-9-20-6-4-5-7-24(20)25(21)15-22(26)11-13-27(30)31/h4-7,9-10,15-16,18-19,23,27-28,30H,8,11-14,17H2,1-3H3/t19-,23+,27-,28-,30-/m1/s1. The Bertz CT molecular complexity index is 1190. The lowest BCUT2D eigenvalue weighted by Gasteiger charge is -2.37. The summed E-state index contributed by atoms with van der Waals surface area (Å²) in [5.74, 6) is 1.47. The molecule has 1 fully saturated rings. The topological polar surface area (TPSA) is 35.5 Å². The van der Waals surface area contributed by atoms with Gasteiger partial charge in [-0.25, -0.2) is 4.79 Å². The second kappa shape index (κ2) is 9.99. The fourth-order valence-electron chi connectivity index (χ4n) is 6.03. The van der Waals surface area contributed by atoms with E-state index in [2.05, 4.69) is 85.2 Å². The number of hydrogen-bond acceptors (Lipinski definition) is 3. The Hall–Kier alpha value is -1.91. The SMILES string of the molecule is CC(C)[C@@H]1CC[C@@H](C)C[C@H]1OCC(=O)O[C@@H]1c2cc3ccc4ccccc4c3cc2CC[C@H]1Br. The number of carbonyl (C=O) groups is 1. The number of hydrogen-bond donors (Lipinski definition) is 0. The molecule has 3 aromatic carbocycles. The molecule has 3 nitrogen and oxygen atoms in total. The number of aryl methyl sites for hydroxylation is 1. The molecule has 0 saturated heterocycles. The molecule has 0 amide bonds. The summed E-state index contributed by atoms with van der Waals surface area (Å²) in [6.45, 7) is 6.84. The summed E-state index contributed by atoms with van der Waals surface area (Å²) in [6.07, 6.45) is 5.24. The van der Waals surface area contributed by atoms with E-state index < -0.39 is 0 Å². The molecule has 2 aliphatic carbocycles. The van der Waals surface area contributed by atoms with Crippen molar-refractivity contribution in [3.8, 4) is 0 Å². The van der Waals surface area contributed by atoms with Crippen LogP contribution in [0.25, 0.3) is 21.5 Å². The average molecular weight is 524 g/mol. The van der Waals surface area contributed by atoms with Crippen LogP contribution >= 0.6 is 15.9 Å². The maximum Gasteiger partial charge on any atom is 0.332 e. The average Bonchev–Trinajstić information content (AvgIpc) is 2.83. The summed E-state index contributed by atoms with van der Waals surface area (Å²) < 4.78 is 12.3. The molecule has 5 atom stereocenters. The lowest BCUT2D eigenvalue weighted by Crippen LogP contribution is -2.36. The van der Waals surface area contributed by atoms with Gasteiger partial charge in [0.2, 0.25) is 0 Å². The van der Waals surface area contributed by atoms with Crippen molar-refractivity contribution < 1.29 is 14.3 Å². The van der Waals surface area contributed by atoms with Crippen LogP contribution < -0.4 is 0 Å². The molecule has 0 aliphatic heterocycles. The van der Waals surface area contributed by atoms with Crippen molar-refractivity contribution in [1.82, 2.24) is 0 Å². The molecule has 0 radical (unpaired) electrons. The van der Waals surface area contributed by atoms with Crippen LogP contribution in [-0.2, 0) is 20.7 Å². The first-order valence-corrected chi connectivity index (χ1v) is 13.7. The molecule has 0 bridgehead atoms. The number of alkyl halides is 1. The third kappa shape index (κ3) is 4.77. The highest BCUT2D eigenvalue weighted by atomic mass is 79.9. The smallest absolute Gasteiger partial charge is 0.332 e. The van der Waals surface area contributed by atoms with E-state index in [1.54, 1.807) is 0 Å². The van der Waals surface area contributed by atoms with E-state index in [0.717, 1.165) is 24.8 Å². The van der Waals surface area contributed by atoms with Gasteiger partial charge in [0.15, 0.2) is 0 Å². The van der Waals surface area contributed by atoms with E-state index in [1.807, 2.05) is 0 Å². The zero-order chi connectivity index (χ0) is 23.8. The van der Waals surface area contributed by atoms with Gasteiger partial charge in [-0.1, -0.05) is 85.6 Å². The van der Waals surface area contributed by atoms with Gasteiger partial charge in [-0.15, -0.1) is 0 Å². The first kappa shape index (κ1) is 23.8. The van der Waals surface area contributed by atoms with Crippen molar-refractivity contribution >= 4 is 43.4 Å². The summed E-state index contributed by atoms with van der Waals surface area (Å²) in [7, 11) is 0. The van der Waals surface area contributed by atoms with E-state index in [0.29, 0.717) is 17.8 Å². The van der Waals surface area contributed by atoms with Gasteiger partial charge in [0.25, 0.3) is 0 Å². The van der Waals surface area contributed by atoms with E-state index in [1.165, 1.54) is 39.9 Å². The van der Waals surface area contributed by atoms with Gasteiger partial charge in [0.1, 0.15) is 12.7 Å². The van der Waals surface area contributed by atoms with Gasteiger partial charge in [-0.2, -0.15) is 0 Å². The Kier molecular flexibility index (Phi) is 7.00. The first-order chi connectivity index (χ1) is 16.4. The van der Waals surface area contributed by atoms with E-state index in [4.69, 9.17) is 9.47 Å². The summed E-state index contributed by atoms with van der Waals surface area (Å²) >= 11 is 3.80. The number of halogens is 1. The quantitative estimate of drug-likeness (QED) is 0.195. The normalized spacial score (nSPS) is 27.1. The second-order valence-electron chi connectivity index (χ2n) is 10.7. The molecule has 5 rings (SSSR count). The number of carbonyl (C=O) groups excluding carboxylic acids is 1. The fraction of sp³-hybridized carbons (Fsp3) is 0.500. The predicted octanol–water partition coefficient (Wildman–Crippen LogP) is 7.76. The fourth-order valence-corrected chi connectivity index (χ4v) is 6.65. The summed E-state index contributed by atoms with van der Waals surface area (Å²) in [6, 6.07) is 17.4. The molecule has 180 valence electrons. The number of benzene rings is 3. The van der Waals surface area contributed by atoms with Crippen LogP contribution in [0.1, 0.15) is 63.7 Å². The first-order valence-electron chi connectivity index (χ1n) is 12.8. The van der Waals surface area contributed by atoms with Crippen LogP contribution in [0, 0.1) is 17.8 Å². The van der Waals surface area contributed by atoms with E-state index in [-0.39, 0.29) is 29.6 Å². The van der Waals surface area contributed by atoms with Crippen molar-refractivity contribution in [2.45, 2.75) is 69.9 Å². The number of fused-ring (bicyclic) bond motifs is 4. The van der Waals surface area contributed by atoms with Crippen molar-refractivity contribution in [1.29, 1.82) is 0 Å². The molecular formula is C30H35BrO3. The Morgan fingerprint density at radius 3 is 2.65 bits per heavy atom. The van der Waals surface area contributed by atoms with Gasteiger partial charge < -0.3 is 9.47 Å². The van der Waals surface area contributed by atoms with Gasteiger partial charge in [-0.05, 0) is 82.2 Å². The molecule has 3 aromatic rings. The zero-order valence-electron chi connectivity index (χ0n) is 20.4. The van der Waals surface area contributed by atoms with Crippen LogP contribution in [0.3, 0.4) is 0 Å².